The molecule has 0 aliphatic carbocycles. The molecule has 118 valence electrons. The van der Waals surface area contributed by atoms with Gasteiger partial charge >= 0.3 is 0 Å². The van der Waals surface area contributed by atoms with Gasteiger partial charge in [0.05, 0.1) is 16.9 Å². The van der Waals surface area contributed by atoms with Gasteiger partial charge in [0.1, 0.15) is 0 Å². The van der Waals surface area contributed by atoms with Crippen LogP contribution in [0.15, 0.2) is 36.7 Å². The predicted octanol–water partition coefficient (Wildman–Crippen LogP) is 3.39. The molecule has 4 heterocycles. The Morgan fingerprint density at radius 3 is 3.04 bits per heavy atom. The van der Waals surface area contributed by atoms with E-state index in [-0.39, 0.29) is 0 Å². The molecular weight excluding hydrogens is 310 g/mol. The maximum Gasteiger partial charge on any atom is 0.155 e. The number of aromatic nitrogens is 4. The van der Waals surface area contributed by atoms with Crippen molar-refractivity contribution in [3.8, 4) is 0 Å². The second-order valence-electron chi connectivity index (χ2n) is 6.09. The summed E-state index contributed by atoms with van der Waals surface area (Å²) in [5.41, 5.74) is 3.08. The van der Waals surface area contributed by atoms with Crippen LogP contribution in [0.3, 0.4) is 0 Å². The lowest BCUT2D eigenvalue weighted by molar-refractivity contribution is 0.196. The van der Waals surface area contributed by atoms with Crippen molar-refractivity contribution in [2.75, 3.05) is 13.1 Å². The second-order valence-corrected chi connectivity index (χ2v) is 6.52. The fourth-order valence-corrected chi connectivity index (χ4v) is 3.35. The van der Waals surface area contributed by atoms with Crippen LogP contribution in [0.25, 0.3) is 11.0 Å². The summed E-state index contributed by atoms with van der Waals surface area (Å²) >= 11 is 5.90. The highest BCUT2D eigenvalue weighted by atomic mass is 35.5. The third-order valence-corrected chi connectivity index (χ3v) is 4.64. The number of rotatable bonds is 3. The monoisotopic (exact) mass is 327 g/mol. The van der Waals surface area contributed by atoms with Crippen molar-refractivity contribution in [3.05, 3.63) is 53.1 Å². The van der Waals surface area contributed by atoms with Gasteiger partial charge in [0, 0.05) is 36.3 Å². The molecule has 1 aliphatic rings. The first-order valence-electron chi connectivity index (χ1n) is 7.91. The van der Waals surface area contributed by atoms with Gasteiger partial charge in [-0.15, -0.1) is 0 Å². The molecule has 1 N–H and O–H groups in total. The molecule has 23 heavy (non-hydrogen) atoms. The summed E-state index contributed by atoms with van der Waals surface area (Å²) in [6.45, 7) is 2.98. The van der Waals surface area contributed by atoms with E-state index in [4.69, 9.17) is 16.6 Å². The fraction of sp³-hybridized carbons (Fsp3) is 0.353. The van der Waals surface area contributed by atoms with Crippen molar-refractivity contribution in [1.29, 1.82) is 0 Å². The van der Waals surface area contributed by atoms with E-state index in [2.05, 4.69) is 32.2 Å². The van der Waals surface area contributed by atoms with Gasteiger partial charge in [-0.1, -0.05) is 11.6 Å². The number of hydrogen-bond acceptors (Lipinski definition) is 4. The molecule has 1 atom stereocenters. The van der Waals surface area contributed by atoms with E-state index in [1.807, 2.05) is 18.3 Å². The van der Waals surface area contributed by atoms with E-state index in [1.54, 1.807) is 6.20 Å². The number of likely N-dealkylation sites (tertiary alicyclic amines) is 1. The molecule has 0 saturated carbocycles. The molecule has 6 heteroatoms. The van der Waals surface area contributed by atoms with Gasteiger partial charge < -0.3 is 0 Å². The number of hydrogen-bond donors (Lipinski definition) is 1. The van der Waals surface area contributed by atoms with Gasteiger partial charge in [-0.05, 0) is 43.7 Å². The Morgan fingerprint density at radius 2 is 2.17 bits per heavy atom. The maximum atomic E-state index is 5.90. The largest absolute Gasteiger partial charge is 0.297 e. The molecule has 0 aromatic carbocycles. The molecule has 0 radical (unpaired) electrons. The first kappa shape index (κ1) is 14.6. The number of aromatic amines is 1. The summed E-state index contributed by atoms with van der Waals surface area (Å²) in [7, 11) is 0. The summed E-state index contributed by atoms with van der Waals surface area (Å²) in [5, 5.41) is 8.75. The fourth-order valence-electron chi connectivity index (χ4n) is 3.24. The zero-order chi connectivity index (χ0) is 15.6. The normalized spacial score (nSPS) is 19.3. The van der Waals surface area contributed by atoms with Gasteiger partial charge in [-0.3, -0.25) is 15.0 Å². The second kappa shape index (κ2) is 6.26. The lowest BCUT2D eigenvalue weighted by atomic mass is 9.94. The van der Waals surface area contributed by atoms with E-state index in [9.17, 15) is 0 Å². The van der Waals surface area contributed by atoms with Crippen LogP contribution in [-0.4, -0.2) is 38.2 Å². The molecule has 3 aromatic rings. The number of pyridine rings is 2. The van der Waals surface area contributed by atoms with Crippen molar-refractivity contribution in [2.24, 2.45) is 0 Å². The third kappa shape index (κ3) is 3.21. The topological polar surface area (TPSA) is 57.7 Å². The van der Waals surface area contributed by atoms with Gasteiger partial charge in [0.25, 0.3) is 0 Å². The third-order valence-electron chi connectivity index (χ3n) is 4.42. The highest BCUT2D eigenvalue weighted by Crippen LogP contribution is 2.27. The Hall–Kier alpha value is -1.98. The van der Waals surface area contributed by atoms with Crippen molar-refractivity contribution < 1.29 is 0 Å². The Morgan fingerprint density at radius 1 is 1.22 bits per heavy atom. The predicted molar refractivity (Wildman–Crippen MR) is 90.4 cm³/mol. The molecule has 3 aromatic heterocycles. The summed E-state index contributed by atoms with van der Waals surface area (Å²) < 4.78 is 0. The molecule has 1 aliphatic heterocycles. The number of piperidine rings is 1. The van der Waals surface area contributed by atoms with Crippen LogP contribution in [0.1, 0.15) is 30.1 Å². The zero-order valence-electron chi connectivity index (χ0n) is 12.7. The van der Waals surface area contributed by atoms with E-state index >= 15 is 0 Å². The maximum absolute atomic E-state index is 5.90. The van der Waals surface area contributed by atoms with Crippen LogP contribution in [0.2, 0.25) is 5.02 Å². The first-order valence-corrected chi connectivity index (χ1v) is 8.28. The number of nitrogens with zero attached hydrogens (tertiary/aromatic N) is 4. The van der Waals surface area contributed by atoms with Crippen molar-refractivity contribution in [2.45, 2.75) is 25.3 Å². The van der Waals surface area contributed by atoms with Crippen LogP contribution < -0.4 is 0 Å². The summed E-state index contributed by atoms with van der Waals surface area (Å²) in [6, 6.07) is 8.13. The molecule has 5 nitrogen and oxygen atoms in total. The molecule has 1 saturated heterocycles. The SMILES string of the molecule is Clc1ccc(CN2CCC[C@H](c3ccc4cn[nH]c4n3)C2)nc1. The molecule has 0 amide bonds. The number of halogens is 1. The minimum Gasteiger partial charge on any atom is -0.297 e. The van der Waals surface area contributed by atoms with E-state index in [1.165, 1.54) is 12.8 Å². The van der Waals surface area contributed by atoms with Crippen molar-refractivity contribution in [1.82, 2.24) is 25.1 Å². The van der Waals surface area contributed by atoms with Crippen LogP contribution >= 0.6 is 11.6 Å². The van der Waals surface area contributed by atoms with Crippen LogP contribution in [0.5, 0.6) is 0 Å². The first-order chi connectivity index (χ1) is 11.3. The lowest BCUT2D eigenvalue weighted by Crippen LogP contribution is -2.34. The lowest BCUT2D eigenvalue weighted by Gasteiger charge is -2.32. The minimum atomic E-state index is 0.462. The highest BCUT2D eigenvalue weighted by Gasteiger charge is 2.23. The van der Waals surface area contributed by atoms with E-state index in [0.29, 0.717) is 10.9 Å². The number of fused-ring (bicyclic) bond motifs is 1. The van der Waals surface area contributed by atoms with Crippen LogP contribution in [-0.2, 0) is 6.54 Å². The minimum absolute atomic E-state index is 0.462. The van der Waals surface area contributed by atoms with Gasteiger partial charge in [0.15, 0.2) is 5.65 Å². The standard InChI is InChI=1S/C17H18ClN5/c18-14-4-5-15(19-9-14)11-23-7-1-2-13(10-23)16-6-3-12-8-20-22-17(12)21-16/h3-6,8-9,13H,1-2,7,10-11H2,(H,20,21,22)/t13-/m0/s1. The van der Waals surface area contributed by atoms with Crippen molar-refractivity contribution >= 4 is 22.6 Å². The molecular formula is C17H18ClN5. The molecule has 0 spiro atoms. The van der Waals surface area contributed by atoms with E-state index < -0.39 is 0 Å². The summed E-state index contributed by atoms with van der Waals surface area (Å²) in [4.78, 5) is 11.6. The number of H-pyrrole nitrogens is 1. The van der Waals surface area contributed by atoms with Crippen LogP contribution in [0, 0.1) is 0 Å². The average Bonchev–Trinajstić information content (AvgIpc) is 3.05. The quantitative estimate of drug-likeness (QED) is 0.801. The van der Waals surface area contributed by atoms with Gasteiger partial charge in [-0.2, -0.15) is 5.10 Å². The molecule has 4 rings (SSSR count). The summed E-state index contributed by atoms with van der Waals surface area (Å²) in [6.07, 6.45) is 5.88. The van der Waals surface area contributed by atoms with Crippen LogP contribution in [0.4, 0.5) is 0 Å². The van der Waals surface area contributed by atoms with Gasteiger partial charge in [-0.25, -0.2) is 4.98 Å². The number of nitrogens with one attached hydrogen (secondary N) is 1. The smallest absolute Gasteiger partial charge is 0.155 e. The Labute approximate surface area is 139 Å². The van der Waals surface area contributed by atoms with E-state index in [0.717, 1.165) is 42.1 Å². The van der Waals surface area contributed by atoms with Crippen molar-refractivity contribution in [3.63, 3.8) is 0 Å². The Bertz CT molecular complexity index is 798. The summed E-state index contributed by atoms with van der Waals surface area (Å²) in [5.74, 6) is 0.462. The highest BCUT2D eigenvalue weighted by molar-refractivity contribution is 6.30. The Kier molecular flexibility index (Phi) is 3.97. The Balaban J connectivity index is 1.48. The molecule has 0 unspecified atom stereocenters. The van der Waals surface area contributed by atoms with Gasteiger partial charge in [0.2, 0.25) is 0 Å². The average molecular weight is 328 g/mol. The molecule has 1 fully saturated rings. The molecule has 0 bridgehead atoms. The zero-order valence-corrected chi connectivity index (χ0v) is 13.5.